The second-order valence-electron chi connectivity index (χ2n) is 5.75. The Balaban J connectivity index is 2.74. The molecule has 2 aromatic carbocycles. The first kappa shape index (κ1) is 16.2. The van der Waals surface area contributed by atoms with Crippen molar-refractivity contribution in [2.24, 2.45) is 0 Å². The van der Waals surface area contributed by atoms with E-state index in [-0.39, 0.29) is 16.4 Å². The van der Waals surface area contributed by atoms with Gasteiger partial charge in [-0.3, -0.25) is 0 Å². The predicted molar refractivity (Wildman–Crippen MR) is 97.6 cm³/mol. The van der Waals surface area contributed by atoms with E-state index in [0.717, 1.165) is 11.1 Å². The lowest BCUT2D eigenvalue weighted by atomic mass is 9.59. The molecule has 0 heterocycles. The maximum Gasteiger partial charge on any atom is 0.113 e. The molecule has 0 aliphatic heterocycles. The van der Waals surface area contributed by atoms with Gasteiger partial charge in [-0.2, -0.15) is 0 Å². The fourth-order valence-electron chi connectivity index (χ4n) is 2.24. The van der Waals surface area contributed by atoms with Crippen LogP contribution in [0.4, 0.5) is 0 Å². The zero-order valence-electron chi connectivity index (χ0n) is 12.3. The lowest BCUT2D eigenvalue weighted by Gasteiger charge is -2.24. The minimum Gasteiger partial charge on any atom is -0.112 e. The average Bonchev–Trinajstić information content (AvgIpc) is 2.43. The molecule has 0 bridgehead atoms. The molecule has 0 aliphatic rings. The molecule has 0 atom stereocenters. The second-order valence-corrected chi connectivity index (χ2v) is 5.75. The minimum atomic E-state index is -0.482. The zero-order chi connectivity index (χ0) is 15.9. The van der Waals surface area contributed by atoms with Crippen LogP contribution in [0.25, 0.3) is 11.1 Å². The van der Waals surface area contributed by atoms with Gasteiger partial charge in [0.2, 0.25) is 0 Å². The molecule has 21 heavy (non-hydrogen) atoms. The van der Waals surface area contributed by atoms with Crippen molar-refractivity contribution in [3.8, 4) is 11.1 Å². The molecule has 0 unspecified atom stereocenters. The lowest BCUT2D eigenvalue weighted by Crippen LogP contribution is -2.55. The Labute approximate surface area is 134 Å². The second kappa shape index (κ2) is 5.55. The highest BCUT2D eigenvalue weighted by atomic mass is 14.2. The molecular formula is C15H10B6. The maximum atomic E-state index is 6.13. The van der Waals surface area contributed by atoms with Crippen molar-refractivity contribution in [2.45, 2.75) is 19.2 Å². The summed E-state index contributed by atoms with van der Waals surface area (Å²) in [4.78, 5) is 0. The van der Waals surface area contributed by atoms with Crippen molar-refractivity contribution in [3.05, 3.63) is 29.8 Å². The first-order chi connectivity index (χ1) is 9.64. The molecule has 2 aromatic rings. The Morgan fingerprint density at radius 1 is 0.762 bits per heavy atom. The highest BCUT2D eigenvalue weighted by Crippen LogP contribution is 2.23. The molecule has 0 fully saturated rings. The third-order valence-corrected chi connectivity index (χ3v) is 3.59. The summed E-state index contributed by atoms with van der Waals surface area (Å²) >= 11 is 0. The summed E-state index contributed by atoms with van der Waals surface area (Å²) in [5, 5.41) is -0.482. The Bertz CT molecular complexity index is 671. The number of rotatable bonds is 2. The van der Waals surface area contributed by atoms with Gasteiger partial charge >= 0.3 is 0 Å². The summed E-state index contributed by atoms with van der Waals surface area (Å²) in [6, 6.07) is 7.64. The monoisotopic (exact) mass is 256 g/mol. The zero-order valence-corrected chi connectivity index (χ0v) is 12.3. The number of hydrogen-bond acceptors (Lipinski definition) is 0. The largest absolute Gasteiger partial charge is 0.113 e. The van der Waals surface area contributed by atoms with E-state index >= 15 is 0 Å². The van der Waals surface area contributed by atoms with Crippen LogP contribution in [0, 0.1) is 0 Å². The van der Waals surface area contributed by atoms with E-state index in [1.807, 2.05) is 38.1 Å². The SMILES string of the molecule is [B]c1c([B])c([B])c(-c2cccc(C([B])(C)C)c2)c([B])c1[B]. The van der Waals surface area contributed by atoms with Crippen molar-refractivity contribution in [1.29, 1.82) is 0 Å². The summed E-state index contributed by atoms with van der Waals surface area (Å²) in [6.45, 7) is 3.84. The average molecular weight is 255 g/mol. The van der Waals surface area contributed by atoms with Crippen LogP contribution in [0.3, 0.4) is 0 Å². The van der Waals surface area contributed by atoms with E-state index < -0.39 is 5.31 Å². The van der Waals surface area contributed by atoms with Gasteiger partial charge in [0.05, 0.1) is 7.85 Å². The van der Waals surface area contributed by atoms with Gasteiger partial charge in [0.1, 0.15) is 39.2 Å². The summed E-state index contributed by atoms with van der Waals surface area (Å²) in [6.07, 6.45) is 0. The summed E-state index contributed by atoms with van der Waals surface area (Å²) < 4.78 is 0. The Morgan fingerprint density at radius 3 is 1.71 bits per heavy atom. The first-order valence-corrected chi connectivity index (χ1v) is 6.55. The van der Waals surface area contributed by atoms with E-state index in [0.29, 0.717) is 16.5 Å². The van der Waals surface area contributed by atoms with Crippen molar-refractivity contribution >= 4 is 74.4 Å². The third-order valence-electron chi connectivity index (χ3n) is 3.59. The van der Waals surface area contributed by atoms with Gasteiger partial charge in [-0.1, -0.05) is 54.6 Å². The third kappa shape index (κ3) is 2.91. The van der Waals surface area contributed by atoms with Gasteiger partial charge in [0, 0.05) is 0 Å². The van der Waals surface area contributed by atoms with E-state index in [2.05, 4.69) is 0 Å². The van der Waals surface area contributed by atoms with Crippen molar-refractivity contribution in [1.82, 2.24) is 0 Å². The topological polar surface area (TPSA) is 0 Å². The Kier molecular flexibility index (Phi) is 4.29. The minimum absolute atomic E-state index is 0.212. The van der Waals surface area contributed by atoms with Crippen LogP contribution in [-0.2, 0) is 5.31 Å². The molecule has 6 heteroatoms. The molecule has 0 saturated carbocycles. The quantitative estimate of drug-likeness (QED) is 0.531. The van der Waals surface area contributed by atoms with Crippen molar-refractivity contribution < 1.29 is 0 Å². The predicted octanol–water partition coefficient (Wildman–Crippen LogP) is -2.27. The van der Waals surface area contributed by atoms with Crippen LogP contribution in [0.15, 0.2) is 24.3 Å². The van der Waals surface area contributed by atoms with Crippen LogP contribution in [0.2, 0.25) is 0 Å². The molecule has 88 valence electrons. The van der Waals surface area contributed by atoms with E-state index in [9.17, 15) is 0 Å². The molecule has 0 N–H and O–H groups in total. The molecule has 0 nitrogen and oxygen atoms in total. The molecule has 2 rings (SSSR count). The Hall–Kier alpha value is -1.17. The smallest absolute Gasteiger partial charge is 0.112 e. The fraction of sp³-hybridized carbons (Fsp3) is 0.200. The van der Waals surface area contributed by atoms with Gasteiger partial charge in [0.15, 0.2) is 0 Å². The summed E-state index contributed by atoms with van der Waals surface area (Å²) in [5.41, 5.74) is 3.70. The van der Waals surface area contributed by atoms with Crippen LogP contribution in [0.1, 0.15) is 19.4 Å². The fourth-order valence-corrected chi connectivity index (χ4v) is 2.24. The normalized spacial score (nSPS) is 11.5. The molecule has 0 amide bonds. The number of benzene rings is 2. The van der Waals surface area contributed by atoms with Crippen LogP contribution in [0.5, 0.6) is 0 Å². The van der Waals surface area contributed by atoms with Crippen LogP contribution in [-0.4, -0.2) is 47.1 Å². The van der Waals surface area contributed by atoms with Gasteiger partial charge < -0.3 is 0 Å². The van der Waals surface area contributed by atoms with Gasteiger partial charge in [-0.05, 0) is 16.4 Å². The van der Waals surface area contributed by atoms with E-state index in [1.54, 1.807) is 0 Å². The molecule has 0 spiro atoms. The van der Waals surface area contributed by atoms with Crippen LogP contribution < -0.4 is 27.3 Å². The lowest BCUT2D eigenvalue weighted by molar-refractivity contribution is 0.764. The molecule has 0 aliphatic carbocycles. The summed E-state index contributed by atoms with van der Waals surface area (Å²) in [5.74, 6) is 0. The van der Waals surface area contributed by atoms with Crippen LogP contribution >= 0.6 is 0 Å². The summed E-state index contributed by atoms with van der Waals surface area (Å²) in [7, 11) is 35.9. The Morgan fingerprint density at radius 2 is 1.24 bits per heavy atom. The highest BCUT2D eigenvalue weighted by molar-refractivity contribution is 6.68. The standard InChI is InChI=1S/C15H10B6/c1-15(2,21)8-5-3-4-7(6-8)9-10(16)12(18)14(20)13(19)11(9)17/h3-6H,1-2H3. The van der Waals surface area contributed by atoms with E-state index in [4.69, 9.17) is 47.1 Å². The maximum absolute atomic E-state index is 6.13. The van der Waals surface area contributed by atoms with Gasteiger partial charge in [0.25, 0.3) is 0 Å². The van der Waals surface area contributed by atoms with Gasteiger partial charge in [-0.25, -0.2) is 0 Å². The molecule has 0 aromatic heterocycles. The molecular weight excluding hydrogens is 245 g/mol. The van der Waals surface area contributed by atoms with Crippen molar-refractivity contribution in [2.75, 3.05) is 0 Å². The first-order valence-electron chi connectivity index (χ1n) is 6.55. The van der Waals surface area contributed by atoms with Crippen molar-refractivity contribution in [3.63, 3.8) is 0 Å². The molecule has 12 radical (unpaired) electrons. The molecule has 0 saturated heterocycles. The van der Waals surface area contributed by atoms with E-state index in [1.165, 1.54) is 0 Å². The number of hydrogen-bond donors (Lipinski definition) is 0. The van der Waals surface area contributed by atoms with Gasteiger partial charge in [-0.15, -0.1) is 16.4 Å². The highest BCUT2D eigenvalue weighted by Gasteiger charge is 2.16.